The Kier molecular flexibility index (Phi) is 5.21. The summed E-state index contributed by atoms with van der Waals surface area (Å²) >= 11 is 0. The van der Waals surface area contributed by atoms with Gasteiger partial charge in [0.2, 0.25) is 5.91 Å². The molecule has 0 atom stereocenters. The van der Waals surface area contributed by atoms with Crippen LogP contribution in [0.1, 0.15) is 26.3 Å². The van der Waals surface area contributed by atoms with E-state index < -0.39 is 24.4 Å². The first-order chi connectivity index (χ1) is 13.4. The van der Waals surface area contributed by atoms with Crippen LogP contribution >= 0.6 is 0 Å². The monoisotopic (exact) mass is 379 g/mol. The number of anilines is 1. The molecule has 1 aliphatic heterocycles. The highest BCUT2D eigenvalue weighted by Gasteiger charge is 2.32. The van der Waals surface area contributed by atoms with Crippen LogP contribution in [0.2, 0.25) is 0 Å². The number of ether oxygens (including phenoxy) is 1. The van der Waals surface area contributed by atoms with Gasteiger partial charge in [0.25, 0.3) is 11.8 Å². The quantitative estimate of drug-likeness (QED) is 0.735. The van der Waals surface area contributed by atoms with Crippen LogP contribution in [-0.2, 0) is 14.3 Å². The van der Waals surface area contributed by atoms with Gasteiger partial charge in [-0.25, -0.2) is 0 Å². The van der Waals surface area contributed by atoms with E-state index in [-0.39, 0.29) is 12.5 Å². The maximum atomic E-state index is 12.3. The molecule has 8 nitrogen and oxygen atoms in total. The molecule has 0 unspecified atom stereocenters. The molecule has 2 aromatic rings. The van der Waals surface area contributed by atoms with Crippen molar-refractivity contribution in [3.8, 4) is 0 Å². The maximum Gasteiger partial charge on any atom is 0.326 e. The number of carbonyl (C=O) groups excluding carboxylic acids is 4. The Morgan fingerprint density at radius 1 is 1.04 bits per heavy atom. The van der Waals surface area contributed by atoms with Crippen LogP contribution in [-0.4, -0.2) is 41.7 Å². The zero-order valence-electron chi connectivity index (χ0n) is 14.8. The van der Waals surface area contributed by atoms with Crippen molar-refractivity contribution in [1.82, 2.24) is 4.90 Å². The van der Waals surface area contributed by atoms with Gasteiger partial charge in [0.15, 0.2) is 6.61 Å². The van der Waals surface area contributed by atoms with Crippen molar-refractivity contribution < 1.29 is 23.9 Å². The third-order valence-electron chi connectivity index (χ3n) is 4.14. The Labute approximate surface area is 160 Å². The van der Waals surface area contributed by atoms with Gasteiger partial charge in [-0.15, -0.1) is 0 Å². The molecule has 1 heterocycles. The van der Waals surface area contributed by atoms with Gasteiger partial charge >= 0.3 is 5.97 Å². The molecule has 3 rings (SSSR count). The molecular formula is C20H17N3O5. The Balaban J connectivity index is 1.50. The number of esters is 1. The van der Waals surface area contributed by atoms with Crippen molar-refractivity contribution in [3.05, 3.63) is 71.8 Å². The first-order valence-corrected chi connectivity index (χ1v) is 8.32. The first kappa shape index (κ1) is 18.8. The third kappa shape index (κ3) is 3.90. The zero-order valence-corrected chi connectivity index (χ0v) is 14.8. The molecule has 3 amide bonds. The molecule has 0 radical (unpaired) electrons. The summed E-state index contributed by atoms with van der Waals surface area (Å²) in [4.78, 5) is 48.5. The second-order valence-corrected chi connectivity index (χ2v) is 6.03. The fourth-order valence-electron chi connectivity index (χ4n) is 2.74. The molecule has 2 aromatic carbocycles. The van der Waals surface area contributed by atoms with E-state index in [0.29, 0.717) is 28.1 Å². The predicted molar refractivity (Wildman–Crippen MR) is 101 cm³/mol. The summed E-state index contributed by atoms with van der Waals surface area (Å²) in [7, 11) is 0. The Morgan fingerprint density at radius 2 is 1.68 bits per heavy atom. The first-order valence-electron chi connectivity index (χ1n) is 8.32. The summed E-state index contributed by atoms with van der Waals surface area (Å²) in [6.07, 6.45) is 0. The predicted octanol–water partition coefficient (Wildman–Crippen LogP) is 1.39. The Hall–Kier alpha value is -3.94. The van der Waals surface area contributed by atoms with Crippen LogP contribution in [0.25, 0.3) is 5.70 Å². The van der Waals surface area contributed by atoms with Gasteiger partial charge in [0, 0.05) is 28.1 Å². The summed E-state index contributed by atoms with van der Waals surface area (Å²) < 4.78 is 4.94. The number of fused-ring (bicyclic) bond motifs is 1. The molecule has 0 aliphatic carbocycles. The SMILES string of the molecule is C=C1c2ccccc2C(=O)N1CC(=O)OCC(=O)Nc1ccc(C(N)=O)cc1. The van der Waals surface area contributed by atoms with Crippen molar-refractivity contribution in [2.24, 2.45) is 5.73 Å². The van der Waals surface area contributed by atoms with E-state index in [1.165, 1.54) is 29.2 Å². The van der Waals surface area contributed by atoms with E-state index in [1.807, 2.05) is 0 Å². The lowest BCUT2D eigenvalue weighted by Gasteiger charge is -2.16. The van der Waals surface area contributed by atoms with E-state index in [9.17, 15) is 19.2 Å². The molecule has 0 spiro atoms. The van der Waals surface area contributed by atoms with E-state index >= 15 is 0 Å². The lowest BCUT2D eigenvalue weighted by Crippen LogP contribution is -2.32. The average molecular weight is 379 g/mol. The van der Waals surface area contributed by atoms with Gasteiger partial charge in [-0.3, -0.25) is 24.1 Å². The number of benzene rings is 2. The minimum atomic E-state index is -0.735. The second kappa shape index (κ2) is 7.75. The van der Waals surface area contributed by atoms with Crippen LogP contribution in [0.3, 0.4) is 0 Å². The maximum absolute atomic E-state index is 12.3. The normalized spacial score (nSPS) is 12.5. The van der Waals surface area contributed by atoms with E-state index in [0.717, 1.165) is 0 Å². The zero-order chi connectivity index (χ0) is 20.3. The van der Waals surface area contributed by atoms with Gasteiger partial charge in [-0.1, -0.05) is 24.8 Å². The topological polar surface area (TPSA) is 119 Å². The minimum absolute atomic E-state index is 0.306. The number of carbonyl (C=O) groups is 4. The summed E-state index contributed by atoms with van der Waals surface area (Å²) in [6.45, 7) is 2.98. The molecule has 142 valence electrons. The fourth-order valence-corrected chi connectivity index (χ4v) is 2.74. The lowest BCUT2D eigenvalue weighted by atomic mass is 10.1. The largest absolute Gasteiger partial charge is 0.454 e. The smallest absolute Gasteiger partial charge is 0.326 e. The highest BCUT2D eigenvalue weighted by atomic mass is 16.5. The highest BCUT2D eigenvalue weighted by Crippen LogP contribution is 2.30. The Bertz CT molecular complexity index is 947. The van der Waals surface area contributed by atoms with Crippen LogP contribution in [0.15, 0.2) is 55.1 Å². The van der Waals surface area contributed by atoms with Gasteiger partial charge in [0.05, 0.1) is 0 Å². The number of nitrogens with one attached hydrogen (secondary N) is 1. The van der Waals surface area contributed by atoms with Gasteiger partial charge < -0.3 is 15.8 Å². The molecule has 0 saturated carbocycles. The number of hydrogen-bond donors (Lipinski definition) is 2. The molecule has 3 N–H and O–H groups in total. The lowest BCUT2D eigenvalue weighted by molar-refractivity contribution is -0.147. The minimum Gasteiger partial charge on any atom is -0.454 e. The molecule has 0 saturated heterocycles. The van der Waals surface area contributed by atoms with Gasteiger partial charge in [-0.2, -0.15) is 0 Å². The van der Waals surface area contributed by atoms with Gasteiger partial charge in [0.1, 0.15) is 6.54 Å². The van der Waals surface area contributed by atoms with Crippen LogP contribution in [0.5, 0.6) is 0 Å². The number of primary amides is 1. The number of hydrogen-bond acceptors (Lipinski definition) is 5. The summed E-state index contributed by atoms with van der Waals surface area (Å²) in [6, 6.07) is 12.8. The van der Waals surface area contributed by atoms with E-state index in [2.05, 4.69) is 11.9 Å². The average Bonchev–Trinajstić information content (AvgIpc) is 2.92. The molecule has 8 heteroatoms. The number of amides is 3. The highest BCUT2D eigenvalue weighted by molar-refractivity contribution is 6.10. The standard InChI is InChI=1S/C20H17N3O5/c1-12-15-4-2-3-5-16(15)20(27)23(12)10-18(25)28-11-17(24)22-14-8-6-13(7-9-14)19(21)26/h2-9H,1,10-11H2,(H2,21,26)(H,22,24). The molecule has 1 aliphatic rings. The number of nitrogens with zero attached hydrogens (tertiary/aromatic N) is 1. The molecule has 0 bridgehead atoms. The van der Waals surface area contributed by atoms with Crippen molar-refractivity contribution >= 4 is 35.1 Å². The van der Waals surface area contributed by atoms with Crippen molar-refractivity contribution in [2.45, 2.75) is 0 Å². The van der Waals surface area contributed by atoms with Crippen molar-refractivity contribution in [3.63, 3.8) is 0 Å². The molecule has 0 fully saturated rings. The fraction of sp³-hybridized carbons (Fsp3) is 0.100. The van der Waals surface area contributed by atoms with Crippen LogP contribution in [0, 0.1) is 0 Å². The second-order valence-electron chi connectivity index (χ2n) is 6.03. The third-order valence-corrected chi connectivity index (χ3v) is 4.14. The van der Waals surface area contributed by atoms with E-state index in [4.69, 9.17) is 10.5 Å². The number of rotatable bonds is 6. The van der Waals surface area contributed by atoms with E-state index in [1.54, 1.807) is 24.3 Å². The van der Waals surface area contributed by atoms with Crippen molar-refractivity contribution in [1.29, 1.82) is 0 Å². The Morgan fingerprint density at radius 3 is 2.29 bits per heavy atom. The summed E-state index contributed by atoms with van der Waals surface area (Å²) in [5.41, 5.74) is 7.42. The van der Waals surface area contributed by atoms with Crippen LogP contribution in [0.4, 0.5) is 5.69 Å². The summed E-state index contributed by atoms with van der Waals surface area (Å²) in [5.74, 6) is -2.21. The van der Waals surface area contributed by atoms with Crippen LogP contribution < -0.4 is 11.1 Å². The molecule has 0 aromatic heterocycles. The van der Waals surface area contributed by atoms with Gasteiger partial charge in [-0.05, 0) is 30.3 Å². The van der Waals surface area contributed by atoms with Crippen molar-refractivity contribution in [2.75, 3.05) is 18.5 Å². The summed E-state index contributed by atoms with van der Waals surface area (Å²) in [5, 5.41) is 2.52. The molecular weight excluding hydrogens is 362 g/mol. The molecule has 28 heavy (non-hydrogen) atoms. The number of nitrogens with two attached hydrogens (primary N) is 1.